The SMILES string of the molecule is CC(C)NCCCOc1ccc(C(C)(C)C)cc1. The molecule has 0 atom stereocenters. The summed E-state index contributed by atoms with van der Waals surface area (Å²) in [6, 6.07) is 8.99. The molecule has 0 amide bonds. The highest BCUT2D eigenvalue weighted by Gasteiger charge is 2.12. The molecule has 0 radical (unpaired) electrons. The first-order valence-electron chi connectivity index (χ1n) is 6.86. The summed E-state index contributed by atoms with van der Waals surface area (Å²) >= 11 is 0. The van der Waals surface area contributed by atoms with Crippen molar-refractivity contribution >= 4 is 0 Å². The molecule has 0 unspecified atom stereocenters. The molecule has 0 heterocycles. The third kappa shape index (κ3) is 5.54. The Morgan fingerprint density at radius 1 is 1.11 bits per heavy atom. The Morgan fingerprint density at radius 2 is 1.72 bits per heavy atom. The molecule has 1 N–H and O–H groups in total. The van der Waals surface area contributed by atoms with Crippen LogP contribution in [0.25, 0.3) is 0 Å². The van der Waals surface area contributed by atoms with E-state index in [0.29, 0.717) is 6.04 Å². The molecule has 1 aromatic rings. The lowest BCUT2D eigenvalue weighted by Gasteiger charge is -2.19. The number of rotatable bonds is 6. The normalized spacial score (nSPS) is 11.9. The molecular formula is C16H27NO. The van der Waals surface area contributed by atoms with Crippen molar-refractivity contribution in [3.05, 3.63) is 29.8 Å². The minimum atomic E-state index is 0.208. The number of hydrogen-bond acceptors (Lipinski definition) is 2. The van der Waals surface area contributed by atoms with Crippen LogP contribution in [0.4, 0.5) is 0 Å². The van der Waals surface area contributed by atoms with Crippen LogP contribution in [0.5, 0.6) is 5.75 Å². The van der Waals surface area contributed by atoms with Crippen LogP contribution in [0.1, 0.15) is 46.6 Å². The van der Waals surface area contributed by atoms with Gasteiger partial charge in [-0.05, 0) is 36.1 Å². The Morgan fingerprint density at radius 3 is 2.22 bits per heavy atom. The lowest BCUT2D eigenvalue weighted by Crippen LogP contribution is -2.24. The van der Waals surface area contributed by atoms with Crippen molar-refractivity contribution in [1.29, 1.82) is 0 Å². The van der Waals surface area contributed by atoms with Crippen LogP contribution in [0.3, 0.4) is 0 Å². The van der Waals surface area contributed by atoms with Crippen LogP contribution in [-0.2, 0) is 5.41 Å². The lowest BCUT2D eigenvalue weighted by molar-refractivity contribution is 0.306. The predicted molar refractivity (Wildman–Crippen MR) is 78.4 cm³/mol. The predicted octanol–water partition coefficient (Wildman–Crippen LogP) is 3.75. The van der Waals surface area contributed by atoms with Gasteiger partial charge in [0.25, 0.3) is 0 Å². The van der Waals surface area contributed by atoms with Gasteiger partial charge in [-0.25, -0.2) is 0 Å². The summed E-state index contributed by atoms with van der Waals surface area (Å²) in [5, 5.41) is 3.38. The van der Waals surface area contributed by atoms with Crippen LogP contribution in [0, 0.1) is 0 Å². The summed E-state index contributed by atoms with van der Waals surface area (Å²) in [5.41, 5.74) is 1.55. The Balaban J connectivity index is 2.31. The average Bonchev–Trinajstić information content (AvgIpc) is 2.27. The van der Waals surface area contributed by atoms with Crippen LogP contribution in [-0.4, -0.2) is 19.2 Å². The smallest absolute Gasteiger partial charge is 0.119 e. The Kier molecular flexibility index (Phi) is 5.67. The van der Waals surface area contributed by atoms with Crippen molar-refractivity contribution in [2.75, 3.05) is 13.2 Å². The second-order valence-electron chi connectivity index (χ2n) is 6.09. The van der Waals surface area contributed by atoms with Gasteiger partial charge in [-0.2, -0.15) is 0 Å². The summed E-state index contributed by atoms with van der Waals surface area (Å²) in [7, 11) is 0. The van der Waals surface area contributed by atoms with Gasteiger partial charge in [-0.15, -0.1) is 0 Å². The van der Waals surface area contributed by atoms with Crippen LogP contribution < -0.4 is 10.1 Å². The Hall–Kier alpha value is -1.02. The van der Waals surface area contributed by atoms with Crippen molar-refractivity contribution in [3.8, 4) is 5.75 Å². The van der Waals surface area contributed by atoms with Gasteiger partial charge in [0.15, 0.2) is 0 Å². The maximum atomic E-state index is 5.72. The van der Waals surface area contributed by atoms with E-state index in [4.69, 9.17) is 4.74 Å². The molecule has 2 nitrogen and oxygen atoms in total. The standard InChI is InChI=1S/C16H27NO/c1-13(2)17-11-6-12-18-15-9-7-14(8-10-15)16(3,4)5/h7-10,13,17H,6,11-12H2,1-5H3. The average molecular weight is 249 g/mol. The first-order chi connectivity index (χ1) is 8.39. The molecule has 0 fully saturated rings. The summed E-state index contributed by atoms with van der Waals surface area (Å²) in [6.07, 6.45) is 1.04. The van der Waals surface area contributed by atoms with E-state index in [2.05, 4.69) is 64.2 Å². The van der Waals surface area contributed by atoms with E-state index < -0.39 is 0 Å². The number of hydrogen-bond donors (Lipinski definition) is 1. The fourth-order valence-corrected chi connectivity index (χ4v) is 1.70. The quantitative estimate of drug-likeness (QED) is 0.775. The zero-order valence-corrected chi connectivity index (χ0v) is 12.4. The molecule has 2 heteroatoms. The molecule has 18 heavy (non-hydrogen) atoms. The van der Waals surface area contributed by atoms with Crippen molar-refractivity contribution in [2.24, 2.45) is 0 Å². The zero-order valence-electron chi connectivity index (χ0n) is 12.4. The molecule has 0 spiro atoms. The third-order valence-corrected chi connectivity index (χ3v) is 2.86. The molecule has 0 aromatic heterocycles. The highest BCUT2D eigenvalue weighted by Crippen LogP contribution is 2.24. The zero-order chi connectivity index (χ0) is 13.6. The molecule has 102 valence electrons. The maximum Gasteiger partial charge on any atom is 0.119 e. The lowest BCUT2D eigenvalue weighted by atomic mass is 9.87. The van der Waals surface area contributed by atoms with Crippen LogP contribution in [0.15, 0.2) is 24.3 Å². The van der Waals surface area contributed by atoms with Gasteiger partial charge in [0.05, 0.1) is 6.61 Å². The van der Waals surface area contributed by atoms with Gasteiger partial charge in [-0.3, -0.25) is 0 Å². The number of benzene rings is 1. The van der Waals surface area contributed by atoms with Gasteiger partial charge in [-0.1, -0.05) is 46.8 Å². The number of nitrogens with one attached hydrogen (secondary N) is 1. The van der Waals surface area contributed by atoms with Gasteiger partial charge in [0.1, 0.15) is 5.75 Å². The highest BCUT2D eigenvalue weighted by atomic mass is 16.5. The van der Waals surface area contributed by atoms with E-state index in [1.54, 1.807) is 0 Å². The molecule has 0 saturated carbocycles. The highest BCUT2D eigenvalue weighted by molar-refractivity contribution is 5.31. The second kappa shape index (κ2) is 6.79. The van der Waals surface area contributed by atoms with E-state index in [9.17, 15) is 0 Å². The first kappa shape index (κ1) is 15.0. The molecular weight excluding hydrogens is 222 g/mol. The van der Waals surface area contributed by atoms with Crippen LogP contribution >= 0.6 is 0 Å². The largest absolute Gasteiger partial charge is 0.494 e. The van der Waals surface area contributed by atoms with E-state index in [-0.39, 0.29) is 5.41 Å². The second-order valence-corrected chi connectivity index (χ2v) is 6.09. The van der Waals surface area contributed by atoms with Gasteiger partial charge < -0.3 is 10.1 Å². The molecule has 0 aliphatic carbocycles. The van der Waals surface area contributed by atoms with Gasteiger partial charge >= 0.3 is 0 Å². The fourth-order valence-electron chi connectivity index (χ4n) is 1.70. The minimum absolute atomic E-state index is 0.208. The fraction of sp³-hybridized carbons (Fsp3) is 0.625. The Bertz CT molecular complexity index is 335. The topological polar surface area (TPSA) is 21.3 Å². The van der Waals surface area contributed by atoms with E-state index in [0.717, 1.165) is 25.3 Å². The van der Waals surface area contributed by atoms with E-state index in [1.165, 1.54) is 5.56 Å². The molecule has 1 rings (SSSR count). The van der Waals surface area contributed by atoms with Crippen molar-refractivity contribution in [3.63, 3.8) is 0 Å². The third-order valence-electron chi connectivity index (χ3n) is 2.86. The molecule has 1 aromatic carbocycles. The summed E-state index contributed by atoms with van der Waals surface area (Å²) in [4.78, 5) is 0. The molecule has 0 bridgehead atoms. The maximum absolute atomic E-state index is 5.72. The van der Waals surface area contributed by atoms with Crippen molar-refractivity contribution in [1.82, 2.24) is 5.32 Å². The summed E-state index contributed by atoms with van der Waals surface area (Å²) < 4.78 is 5.72. The number of ether oxygens (including phenoxy) is 1. The molecule has 0 aliphatic heterocycles. The van der Waals surface area contributed by atoms with E-state index >= 15 is 0 Å². The minimum Gasteiger partial charge on any atom is -0.494 e. The van der Waals surface area contributed by atoms with Gasteiger partial charge in [0.2, 0.25) is 0 Å². The molecule has 0 aliphatic rings. The summed E-state index contributed by atoms with van der Waals surface area (Å²) in [6.45, 7) is 12.8. The first-order valence-corrected chi connectivity index (χ1v) is 6.86. The van der Waals surface area contributed by atoms with E-state index in [1.807, 2.05) is 0 Å². The van der Waals surface area contributed by atoms with Gasteiger partial charge in [0, 0.05) is 6.04 Å². The van der Waals surface area contributed by atoms with Crippen molar-refractivity contribution in [2.45, 2.75) is 52.5 Å². The van der Waals surface area contributed by atoms with Crippen molar-refractivity contribution < 1.29 is 4.74 Å². The van der Waals surface area contributed by atoms with Crippen LogP contribution in [0.2, 0.25) is 0 Å². The summed E-state index contributed by atoms with van der Waals surface area (Å²) in [5.74, 6) is 0.965. The monoisotopic (exact) mass is 249 g/mol. The Labute approximate surface area is 112 Å². The molecule has 0 saturated heterocycles.